The van der Waals surface area contributed by atoms with Gasteiger partial charge < -0.3 is 10.1 Å². The Labute approximate surface area is 204 Å². The van der Waals surface area contributed by atoms with Gasteiger partial charge in [-0.25, -0.2) is 4.98 Å². The molecule has 7 nitrogen and oxygen atoms in total. The second-order valence-electron chi connectivity index (χ2n) is 8.27. The van der Waals surface area contributed by atoms with Gasteiger partial charge in [-0.15, -0.1) is 11.3 Å². The van der Waals surface area contributed by atoms with Crippen LogP contribution >= 0.6 is 27.3 Å². The number of benzene rings is 2. The molecule has 0 bridgehead atoms. The summed E-state index contributed by atoms with van der Waals surface area (Å²) < 4.78 is 5.87. The van der Waals surface area contributed by atoms with Gasteiger partial charge in [0.1, 0.15) is 6.54 Å². The van der Waals surface area contributed by atoms with Gasteiger partial charge in [0, 0.05) is 21.0 Å². The molecule has 0 aliphatic rings. The predicted octanol–water partition coefficient (Wildman–Crippen LogP) is 4.78. The molecule has 9 heteroatoms. The minimum atomic E-state index is -0.709. The number of nitrogens with zero attached hydrogens (tertiary/aromatic N) is 1. The summed E-state index contributed by atoms with van der Waals surface area (Å²) >= 11 is 4.69. The summed E-state index contributed by atoms with van der Waals surface area (Å²) in [6.45, 7) is 5.45. The highest BCUT2D eigenvalue weighted by Crippen LogP contribution is 2.27. The fourth-order valence-corrected chi connectivity index (χ4v) is 3.98. The first-order valence-electron chi connectivity index (χ1n) is 10.2. The number of esters is 1. The number of hydrogen-bond donors (Lipinski definition) is 2. The number of nitrogens with one attached hydrogen (secondary N) is 2. The Bertz CT molecular complexity index is 1150. The highest BCUT2D eigenvalue weighted by Gasteiger charge is 2.15. The number of carbonyl (C=O) groups is 3. The zero-order valence-corrected chi connectivity index (χ0v) is 20.9. The summed E-state index contributed by atoms with van der Waals surface area (Å²) in [6.07, 6.45) is 0. The number of halogens is 1. The van der Waals surface area contributed by atoms with Crippen LogP contribution in [0.25, 0.3) is 11.3 Å². The molecule has 0 spiro atoms. The SMILES string of the molecule is CC(C)(C)c1ccc(C(=O)NCC(=O)OCC(=O)Nc2nc(-c3cccc(Br)c3)cs2)cc1. The van der Waals surface area contributed by atoms with E-state index in [1.54, 1.807) is 12.1 Å². The van der Waals surface area contributed by atoms with Gasteiger partial charge in [-0.05, 0) is 35.2 Å². The third-order valence-corrected chi connectivity index (χ3v) is 5.89. The average Bonchev–Trinajstić information content (AvgIpc) is 3.24. The van der Waals surface area contributed by atoms with Crippen molar-refractivity contribution in [1.29, 1.82) is 0 Å². The van der Waals surface area contributed by atoms with E-state index in [1.165, 1.54) is 11.3 Å². The monoisotopic (exact) mass is 529 g/mol. The van der Waals surface area contributed by atoms with E-state index < -0.39 is 18.5 Å². The average molecular weight is 530 g/mol. The largest absolute Gasteiger partial charge is 0.454 e. The van der Waals surface area contributed by atoms with Crippen molar-refractivity contribution in [2.24, 2.45) is 0 Å². The summed E-state index contributed by atoms with van der Waals surface area (Å²) in [5.74, 6) is -1.61. The Morgan fingerprint density at radius 2 is 1.82 bits per heavy atom. The molecule has 3 aromatic rings. The number of ether oxygens (including phenoxy) is 1. The van der Waals surface area contributed by atoms with Crippen LogP contribution in [0.1, 0.15) is 36.7 Å². The molecule has 0 aliphatic heterocycles. The van der Waals surface area contributed by atoms with E-state index >= 15 is 0 Å². The van der Waals surface area contributed by atoms with Crippen LogP contribution in [0.3, 0.4) is 0 Å². The molecule has 0 radical (unpaired) electrons. The molecular formula is C24H24BrN3O4S. The zero-order valence-electron chi connectivity index (χ0n) is 18.5. The highest BCUT2D eigenvalue weighted by atomic mass is 79.9. The Hall–Kier alpha value is -3.04. The van der Waals surface area contributed by atoms with Crippen LogP contribution in [0.4, 0.5) is 5.13 Å². The molecule has 1 heterocycles. The molecular weight excluding hydrogens is 506 g/mol. The normalized spacial score (nSPS) is 11.0. The number of thiazole rings is 1. The third kappa shape index (κ3) is 7.23. The molecule has 0 atom stereocenters. The lowest BCUT2D eigenvalue weighted by Gasteiger charge is -2.19. The molecule has 3 rings (SSSR count). The lowest BCUT2D eigenvalue weighted by atomic mass is 9.87. The topological polar surface area (TPSA) is 97.4 Å². The molecule has 1 aromatic heterocycles. The molecule has 0 saturated carbocycles. The predicted molar refractivity (Wildman–Crippen MR) is 132 cm³/mol. The first kappa shape index (κ1) is 24.6. The van der Waals surface area contributed by atoms with Crippen molar-refractivity contribution in [3.8, 4) is 11.3 Å². The minimum absolute atomic E-state index is 0.0156. The van der Waals surface area contributed by atoms with Gasteiger partial charge >= 0.3 is 5.97 Å². The maximum Gasteiger partial charge on any atom is 0.325 e. The Morgan fingerprint density at radius 3 is 2.48 bits per heavy atom. The number of aromatic nitrogens is 1. The minimum Gasteiger partial charge on any atom is -0.454 e. The fourth-order valence-electron chi connectivity index (χ4n) is 2.84. The van der Waals surface area contributed by atoms with Crippen molar-refractivity contribution in [3.63, 3.8) is 0 Å². The summed E-state index contributed by atoms with van der Waals surface area (Å²) in [6, 6.07) is 14.9. The van der Waals surface area contributed by atoms with Crippen LogP contribution in [0.15, 0.2) is 58.4 Å². The van der Waals surface area contributed by atoms with E-state index in [9.17, 15) is 14.4 Å². The summed E-state index contributed by atoms with van der Waals surface area (Å²) in [7, 11) is 0. The van der Waals surface area contributed by atoms with Crippen molar-refractivity contribution in [3.05, 3.63) is 69.5 Å². The molecule has 2 N–H and O–H groups in total. The van der Waals surface area contributed by atoms with Crippen molar-refractivity contribution in [1.82, 2.24) is 10.3 Å². The third-order valence-electron chi connectivity index (χ3n) is 4.64. The zero-order chi connectivity index (χ0) is 24.0. The number of carbonyl (C=O) groups excluding carboxylic acids is 3. The molecule has 0 aliphatic carbocycles. The second kappa shape index (κ2) is 10.7. The lowest BCUT2D eigenvalue weighted by Crippen LogP contribution is -2.32. The van der Waals surface area contributed by atoms with Crippen molar-refractivity contribution in [2.45, 2.75) is 26.2 Å². The summed E-state index contributed by atoms with van der Waals surface area (Å²) in [4.78, 5) is 40.6. The van der Waals surface area contributed by atoms with Gasteiger partial charge in [0.25, 0.3) is 11.8 Å². The van der Waals surface area contributed by atoms with E-state index in [4.69, 9.17) is 4.74 Å². The number of anilines is 1. The molecule has 0 saturated heterocycles. The molecule has 0 fully saturated rings. The highest BCUT2D eigenvalue weighted by molar-refractivity contribution is 9.10. The van der Waals surface area contributed by atoms with Crippen molar-refractivity contribution < 1.29 is 19.1 Å². The molecule has 0 unspecified atom stereocenters. The van der Waals surface area contributed by atoms with E-state index in [1.807, 2.05) is 41.8 Å². The van der Waals surface area contributed by atoms with Crippen molar-refractivity contribution >= 4 is 50.2 Å². The number of hydrogen-bond acceptors (Lipinski definition) is 6. The standard InChI is InChI=1S/C24H24BrN3O4S/c1-24(2,3)17-9-7-15(8-10-17)22(31)26-12-21(30)32-13-20(29)28-23-27-19(14-33-23)16-5-4-6-18(25)11-16/h4-11,14H,12-13H2,1-3H3,(H,26,31)(H,27,28,29). The molecule has 33 heavy (non-hydrogen) atoms. The van der Waals surface area contributed by atoms with Crippen LogP contribution in [0, 0.1) is 0 Å². The van der Waals surface area contributed by atoms with Crippen LogP contribution in [-0.2, 0) is 19.7 Å². The van der Waals surface area contributed by atoms with Gasteiger partial charge in [0.15, 0.2) is 11.7 Å². The van der Waals surface area contributed by atoms with E-state index in [-0.39, 0.29) is 17.9 Å². The van der Waals surface area contributed by atoms with Crippen LogP contribution in [0.2, 0.25) is 0 Å². The maximum absolute atomic E-state index is 12.2. The Kier molecular flexibility index (Phi) is 7.99. The molecule has 2 aromatic carbocycles. The van der Waals surface area contributed by atoms with Gasteiger partial charge in [0.05, 0.1) is 5.69 Å². The maximum atomic E-state index is 12.2. The van der Waals surface area contributed by atoms with Gasteiger partial charge in [-0.3, -0.25) is 19.7 Å². The van der Waals surface area contributed by atoms with Crippen LogP contribution in [-0.4, -0.2) is 35.9 Å². The smallest absolute Gasteiger partial charge is 0.325 e. The number of rotatable bonds is 7. The van der Waals surface area contributed by atoms with E-state index in [2.05, 4.69) is 52.3 Å². The fraction of sp³-hybridized carbons (Fsp3) is 0.250. The summed E-state index contributed by atoms with van der Waals surface area (Å²) in [5.41, 5.74) is 3.17. The first-order valence-corrected chi connectivity index (χ1v) is 11.8. The Balaban J connectivity index is 1.42. The van der Waals surface area contributed by atoms with Gasteiger partial charge in [-0.2, -0.15) is 0 Å². The van der Waals surface area contributed by atoms with Gasteiger partial charge in [-0.1, -0.05) is 61.0 Å². The van der Waals surface area contributed by atoms with Crippen LogP contribution < -0.4 is 10.6 Å². The van der Waals surface area contributed by atoms with Crippen molar-refractivity contribution in [2.75, 3.05) is 18.5 Å². The van der Waals surface area contributed by atoms with E-state index in [0.717, 1.165) is 21.3 Å². The summed E-state index contributed by atoms with van der Waals surface area (Å²) in [5, 5.41) is 7.33. The van der Waals surface area contributed by atoms with E-state index in [0.29, 0.717) is 10.7 Å². The quantitative estimate of drug-likeness (QED) is 0.429. The molecule has 172 valence electrons. The first-order chi connectivity index (χ1) is 15.6. The van der Waals surface area contributed by atoms with Gasteiger partial charge in [0.2, 0.25) is 0 Å². The lowest BCUT2D eigenvalue weighted by molar-refractivity contribution is -0.146. The second-order valence-corrected chi connectivity index (χ2v) is 10.0. The molecule has 2 amide bonds. The number of amides is 2. The Morgan fingerprint density at radius 1 is 1.09 bits per heavy atom. The van der Waals surface area contributed by atoms with Crippen LogP contribution in [0.5, 0.6) is 0 Å².